The number of morpholine rings is 1. The zero-order valence-corrected chi connectivity index (χ0v) is 15.6. The van der Waals surface area contributed by atoms with E-state index in [2.05, 4.69) is 4.74 Å². The van der Waals surface area contributed by atoms with E-state index in [0.29, 0.717) is 31.9 Å². The predicted molar refractivity (Wildman–Crippen MR) is 100 cm³/mol. The molecule has 2 atom stereocenters. The summed E-state index contributed by atoms with van der Waals surface area (Å²) in [6.07, 6.45) is -0.178. The molecule has 1 N–H and O–H groups in total. The molecule has 0 spiro atoms. The van der Waals surface area contributed by atoms with Gasteiger partial charge in [0.2, 0.25) is 0 Å². The first-order valence-electron chi connectivity index (χ1n) is 8.44. The van der Waals surface area contributed by atoms with Crippen molar-refractivity contribution in [3.8, 4) is 0 Å². The summed E-state index contributed by atoms with van der Waals surface area (Å²) in [4.78, 5) is 25.5. The van der Waals surface area contributed by atoms with Gasteiger partial charge in [0.1, 0.15) is 5.56 Å². The summed E-state index contributed by atoms with van der Waals surface area (Å²) >= 11 is 1.49. The molecule has 144 valence electrons. The van der Waals surface area contributed by atoms with Crippen LogP contribution in [0.2, 0.25) is 0 Å². The summed E-state index contributed by atoms with van der Waals surface area (Å²) in [6.45, 7) is 1.48. The van der Waals surface area contributed by atoms with Crippen molar-refractivity contribution in [1.82, 2.24) is 0 Å². The fraction of sp³-hybridized carbons (Fsp3) is 0.389. The van der Waals surface area contributed by atoms with Crippen molar-refractivity contribution in [2.75, 3.05) is 31.8 Å². The number of carbonyl (C=O) groups is 1. The summed E-state index contributed by atoms with van der Waals surface area (Å²) in [5.41, 5.74) is 0.269. The van der Waals surface area contributed by atoms with Crippen molar-refractivity contribution in [2.45, 2.75) is 18.6 Å². The van der Waals surface area contributed by atoms with E-state index < -0.39 is 17.0 Å². The van der Waals surface area contributed by atoms with E-state index in [1.165, 1.54) is 30.6 Å². The van der Waals surface area contributed by atoms with Crippen LogP contribution in [0.3, 0.4) is 0 Å². The first-order valence-corrected chi connectivity index (χ1v) is 9.32. The van der Waals surface area contributed by atoms with Gasteiger partial charge in [-0.05, 0) is 23.6 Å². The fourth-order valence-electron chi connectivity index (χ4n) is 3.18. The van der Waals surface area contributed by atoms with Gasteiger partial charge in [0.25, 0.3) is 5.69 Å². The van der Waals surface area contributed by atoms with Crippen LogP contribution in [0.25, 0.3) is 0 Å². The number of aliphatic hydroxyl groups excluding tert-OH is 1. The molecule has 1 aliphatic heterocycles. The Kier molecular flexibility index (Phi) is 6.04. The number of rotatable bonds is 6. The van der Waals surface area contributed by atoms with Crippen molar-refractivity contribution >= 4 is 28.7 Å². The van der Waals surface area contributed by atoms with Gasteiger partial charge in [0.05, 0.1) is 37.4 Å². The van der Waals surface area contributed by atoms with Gasteiger partial charge in [-0.3, -0.25) is 10.1 Å². The number of nitro benzene ring substituents is 1. The Morgan fingerprint density at radius 3 is 3.00 bits per heavy atom. The Balaban J connectivity index is 1.87. The van der Waals surface area contributed by atoms with Crippen LogP contribution in [0.5, 0.6) is 0 Å². The van der Waals surface area contributed by atoms with Crippen molar-refractivity contribution in [3.63, 3.8) is 0 Å². The van der Waals surface area contributed by atoms with Crippen LogP contribution in [0.1, 0.15) is 27.8 Å². The quantitative estimate of drug-likeness (QED) is 0.458. The molecule has 0 unspecified atom stereocenters. The number of aliphatic hydroxyl groups is 1. The van der Waals surface area contributed by atoms with E-state index in [9.17, 15) is 20.0 Å². The molecule has 0 saturated carbocycles. The highest BCUT2D eigenvalue weighted by Crippen LogP contribution is 2.31. The van der Waals surface area contributed by atoms with Crippen LogP contribution in [0, 0.1) is 10.1 Å². The molecule has 0 amide bonds. The average Bonchev–Trinajstić information content (AvgIpc) is 3.22. The molecule has 3 rings (SSSR count). The topological polar surface area (TPSA) is 102 Å². The Morgan fingerprint density at radius 1 is 1.52 bits per heavy atom. The maximum absolute atomic E-state index is 12.0. The van der Waals surface area contributed by atoms with Gasteiger partial charge >= 0.3 is 5.97 Å². The summed E-state index contributed by atoms with van der Waals surface area (Å²) in [5.74, 6) is -0.757. The number of hydrogen-bond acceptors (Lipinski definition) is 8. The first kappa shape index (κ1) is 19.3. The molecule has 0 radical (unpaired) electrons. The normalized spacial score (nSPS) is 18.1. The second-order valence-corrected chi connectivity index (χ2v) is 7.12. The number of anilines is 1. The van der Waals surface area contributed by atoms with E-state index in [4.69, 9.17) is 4.74 Å². The van der Waals surface area contributed by atoms with Crippen LogP contribution in [-0.4, -0.2) is 48.9 Å². The van der Waals surface area contributed by atoms with Gasteiger partial charge in [0, 0.05) is 29.6 Å². The number of methoxy groups -OCH3 is 1. The molecular formula is C18H20N2O6S. The van der Waals surface area contributed by atoms with Crippen molar-refractivity contribution in [1.29, 1.82) is 0 Å². The monoisotopic (exact) mass is 392 g/mol. The van der Waals surface area contributed by atoms with E-state index >= 15 is 0 Å². The Bertz CT molecular complexity index is 810. The molecule has 1 fully saturated rings. The lowest BCUT2D eigenvalue weighted by Gasteiger charge is -2.38. The lowest BCUT2D eigenvalue weighted by atomic mass is 10.0. The lowest BCUT2D eigenvalue weighted by Crippen LogP contribution is -2.46. The smallest absolute Gasteiger partial charge is 0.344 e. The van der Waals surface area contributed by atoms with Crippen LogP contribution in [0.15, 0.2) is 35.7 Å². The summed E-state index contributed by atoms with van der Waals surface area (Å²) in [7, 11) is 1.19. The average molecular weight is 392 g/mol. The first-order chi connectivity index (χ1) is 13.0. The number of thiophene rings is 1. The minimum atomic E-state index is -0.757. The number of hydrogen-bond donors (Lipinski definition) is 1. The van der Waals surface area contributed by atoms with Gasteiger partial charge in [0.15, 0.2) is 0 Å². The Hall–Kier alpha value is -2.49. The van der Waals surface area contributed by atoms with E-state index in [0.717, 1.165) is 4.88 Å². The van der Waals surface area contributed by atoms with E-state index in [1.807, 2.05) is 22.4 Å². The van der Waals surface area contributed by atoms with E-state index in [1.54, 1.807) is 6.07 Å². The van der Waals surface area contributed by atoms with E-state index in [-0.39, 0.29) is 17.3 Å². The molecule has 8 nitrogen and oxygen atoms in total. The van der Waals surface area contributed by atoms with Crippen LogP contribution < -0.4 is 4.90 Å². The van der Waals surface area contributed by atoms with Crippen LogP contribution in [-0.2, 0) is 9.47 Å². The Labute approximate surface area is 160 Å². The van der Waals surface area contributed by atoms with Gasteiger partial charge in [-0.2, -0.15) is 0 Å². The SMILES string of the molecule is COC(=O)c1cc(N2CCOC[C@H]2C[C@@H](O)c2cccs2)ccc1[N+](=O)[O-]. The number of ether oxygens (including phenoxy) is 2. The second kappa shape index (κ2) is 8.47. The minimum absolute atomic E-state index is 0.0935. The molecule has 2 aromatic rings. The van der Waals surface area contributed by atoms with Gasteiger partial charge in [-0.15, -0.1) is 11.3 Å². The number of nitro groups is 1. The maximum atomic E-state index is 12.0. The van der Waals surface area contributed by atoms with Crippen molar-refractivity contribution < 1.29 is 24.3 Å². The van der Waals surface area contributed by atoms with Crippen LogP contribution in [0.4, 0.5) is 11.4 Å². The number of carbonyl (C=O) groups excluding carboxylic acids is 1. The van der Waals surface area contributed by atoms with Crippen molar-refractivity contribution in [2.24, 2.45) is 0 Å². The van der Waals surface area contributed by atoms with Gasteiger partial charge in [-0.25, -0.2) is 4.79 Å². The molecule has 1 aromatic carbocycles. The third-order valence-corrected chi connectivity index (χ3v) is 5.48. The standard InChI is InChI=1S/C18H20N2O6S/c1-25-18(22)14-9-12(4-5-15(14)20(23)24)19-6-7-26-11-13(19)10-16(21)17-3-2-8-27-17/h2-5,8-9,13,16,21H,6-7,10-11H2,1H3/t13-,16-/m1/s1. The third kappa shape index (κ3) is 4.26. The second-order valence-electron chi connectivity index (χ2n) is 6.14. The van der Waals surface area contributed by atoms with Crippen LogP contribution >= 0.6 is 11.3 Å². The molecule has 9 heteroatoms. The number of esters is 1. The number of nitrogens with zero attached hydrogens (tertiary/aromatic N) is 2. The predicted octanol–water partition coefficient (Wildman–Crippen LogP) is 2.77. The molecule has 1 aliphatic rings. The summed E-state index contributed by atoms with van der Waals surface area (Å²) in [5, 5.41) is 23.6. The number of benzene rings is 1. The molecule has 2 heterocycles. The molecule has 1 saturated heterocycles. The summed E-state index contributed by atoms with van der Waals surface area (Å²) in [6, 6.07) is 8.04. The molecular weight excluding hydrogens is 372 g/mol. The van der Waals surface area contributed by atoms with Gasteiger partial charge < -0.3 is 19.5 Å². The summed E-state index contributed by atoms with van der Waals surface area (Å²) < 4.78 is 10.2. The molecule has 0 aliphatic carbocycles. The maximum Gasteiger partial charge on any atom is 0.344 e. The highest BCUT2D eigenvalue weighted by atomic mass is 32.1. The fourth-order valence-corrected chi connectivity index (χ4v) is 3.90. The lowest BCUT2D eigenvalue weighted by molar-refractivity contribution is -0.385. The minimum Gasteiger partial charge on any atom is -0.465 e. The van der Waals surface area contributed by atoms with Gasteiger partial charge in [-0.1, -0.05) is 6.07 Å². The van der Waals surface area contributed by atoms with Crippen molar-refractivity contribution in [3.05, 3.63) is 56.3 Å². The highest BCUT2D eigenvalue weighted by Gasteiger charge is 2.29. The molecule has 1 aromatic heterocycles. The third-order valence-electron chi connectivity index (χ3n) is 4.51. The zero-order valence-electron chi connectivity index (χ0n) is 14.7. The Morgan fingerprint density at radius 2 is 2.33 bits per heavy atom. The molecule has 0 bridgehead atoms. The highest BCUT2D eigenvalue weighted by molar-refractivity contribution is 7.10. The zero-order chi connectivity index (χ0) is 19.4. The largest absolute Gasteiger partial charge is 0.465 e. The molecule has 27 heavy (non-hydrogen) atoms.